The van der Waals surface area contributed by atoms with Crippen molar-refractivity contribution in [2.45, 2.75) is 50.5 Å². The Hall–Kier alpha value is 0.690. The van der Waals surface area contributed by atoms with Crippen LogP contribution in [0.5, 0.6) is 0 Å². The summed E-state index contributed by atoms with van der Waals surface area (Å²) in [6.07, 6.45) is 10.2. The molecule has 0 aromatic heterocycles. The monoisotopic (exact) mass is 265 g/mol. The Balaban J connectivity index is 2.07. The molecule has 0 aromatic rings. The quantitative estimate of drug-likeness (QED) is 0.480. The molecule has 0 amide bonds. The highest BCUT2D eigenvalue weighted by atomic mass is 127. The SMILES string of the molecule is IN1CCCCC12CCCC2. The predicted octanol–water partition coefficient (Wildman–Crippen LogP) is 3.14. The van der Waals surface area contributed by atoms with Gasteiger partial charge >= 0.3 is 0 Å². The number of rotatable bonds is 0. The van der Waals surface area contributed by atoms with Gasteiger partial charge in [0.15, 0.2) is 0 Å². The summed E-state index contributed by atoms with van der Waals surface area (Å²) in [6.45, 7) is 1.33. The zero-order valence-electron chi connectivity index (χ0n) is 6.98. The second-order valence-electron chi connectivity index (χ2n) is 3.97. The zero-order chi connectivity index (χ0) is 7.73. The molecule has 0 N–H and O–H groups in total. The summed E-state index contributed by atoms with van der Waals surface area (Å²) in [7, 11) is 0. The van der Waals surface area contributed by atoms with E-state index in [-0.39, 0.29) is 0 Å². The van der Waals surface area contributed by atoms with Gasteiger partial charge in [0.05, 0.1) is 0 Å². The summed E-state index contributed by atoms with van der Waals surface area (Å²) in [5.74, 6) is 0. The maximum Gasteiger partial charge on any atom is 0.0305 e. The number of nitrogens with zero attached hydrogens (tertiary/aromatic N) is 1. The molecule has 1 nitrogen and oxygen atoms in total. The second kappa shape index (κ2) is 3.21. The fraction of sp³-hybridized carbons (Fsp3) is 1.00. The average Bonchev–Trinajstić information content (AvgIpc) is 2.46. The third kappa shape index (κ3) is 1.44. The molecule has 0 atom stereocenters. The molecule has 0 radical (unpaired) electrons. The van der Waals surface area contributed by atoms with Crippen LogP contribution in [0.4, 0.5) is 0 Å². The lowest BCUT2D eigenvalue weighted by molar-refractivity contribution is 0.170. The standard InChI is InChI=1S/C9H16IN/c10-11-8-4-3-7-9(11)5-1-2-6-9/h1-8H2. The largest absolute Gasteiger partial charge is 0.241 e. The number of piperidine rings is 1. The third-order valence-electron chi connectivity index (χ3n) is 3.30. The minimum Gasteiger partial charge on any atom is -0.241 e. The van der Waals surface area contributed by atoms with E-state index in [9.17, 15) is 0 Å². The van der Waals surface area contributed by atoms with Crippen LogP contribution in [0.25, 0.3) is 0 Å². The van der Waals surface area contributed by atoms with Crippen LogP contribution in [-0.4, -0.2) is 15.2 Å². The highest BCUT2D eigenvalue weighted by molar-refractivity contribution is 14.1. The van der Waals surface area contributed by atoms with Crippen molar-refractivity contribution in [1.82, 2.24) is 3.11 Å². The van der Waals surface area contributed by atoms with Crippen molar-refractivity contribution in [3.05, 3.63) is 0 Å². The van der Waals surface area contributed by atoms with Crippen molar-refractivity contribution >= 4 is 22.9 Å². The van der Waals surface area contributed by atoms with Crippen molar-refractivity contribution in [2.75, 3.05) is 6.54 Å². The molecule has 2 fully saturated rings. The van der Waals surface area contributed by atoms with Crippen molar-refractivity contribution in [3.63, 3.8) is 0 Å². The van der Waals surface area contributed by atoms with Gasteiger partial charge in [0, 0.05) is 34.9 Å². The Morgan fingerprint density at radius 1 is 0.909 bits per heavy atom. The predicted molar refractivity (Wildman–Crippen MR) is 55.8 cm³/mol. The van der Waals surface area contributed by atoms with Crippen LogP contribution in [0.2, 0.25) is 0 Å². The Bertz CT molecular complexity index is 140. The lowest BCUT2D eigenvalue weighted by Crippen LogP contribution is -2.43. The summed E-state index contributed by atoms with van der Waals surface area (Å²) in [4.78, 5) is 0. The number of halogens is 1. The van der Waals surface area contributed by atoms with Crippen LogP contribution in [0.1, 0.15) is 44.9 Å². The second-order valence-corrected chi connectivity index (χ2v) is 5.14. The lowest BCUT2D eigenvalue weighted by Gasteiger charge is -2.40. The molecule has 2 rings (SSSR count). The molecular formula is C9H16IN. The maximum atomic E-state index is 2.60. The van der Waals surface area contributed by atoms with E-state index in [1.165, 1.54) is 51.5 Å². The van der Waals surface area contributed by atoms with Gasteiger partial charge in [-0.05, 0) is 25.7 Å². The highest BCUT2D eigenvalue weighted by Crippen LogP contribution is 2.43. The fourth-order valence-electron chi connectivity index (χ4n) is 2.59. The van der Waals surface area contributed by atoms with E-state index in [0.29, 0.717) is 5.54 Å². The Labute approximate surface area is 83.0 Å². The van der Waals surface area contributed by atoms with Crippen molar-refractivity contribution in [1.29, 1.82) is 0 Å². The topological polar surface area (TPSA) is 3.24 Å². The van der Waals surface area contributed by atoms with Crippen LogP contribution in [0, 0.1) is 0 Å². The average molecular weight is 265 g/mol. The van der Waals surface area contributed by atoms with E-state index in [4.69, 9.17) is 0 Å². The van der Waals surface area contributed by atoms with E-state index in [1.807, 2.05) is 0 Å². The molecule has 1 heterocycles. The van der Waals surface area contributed by atoms with Crippen LogP contribution in [0.3, 0.4) is 0 Å². The first-order valence-electron chi connectivity index (χ1n) is 4.77. The number of hydrogen-bond donors (Lipinski definition) is 0. The first-order valence-corrected chi connectivity index (χ1v) is 5.73. The molecule has 1 saturated carbocycles. The minimum atomic E-state index is 0.652. The van der Waals surface area contributed by atoms with Gasteiger partial charge in [0.1, 0.15) is 0 Å². The van der Waals surface area contributed by atoms with Crippen LogP contribution >= 0.6 is 22.9 Å². The molecule has 64 valence electrons. The molecule has 1 aliphatic heterocycles. The van der Waals surface area contributed by atoms with E-state index < -0.39 is 0 Å². The van der Waals surface area contributed by atoms with Gasteiger partial charge in [-0.15, -0.1) is 0 Å². The molecule has 2 aliphatic rings. The summed E-state index contributed by atoms with van der Waals surface area (Å²) < 4.78 is 2.60. The highest BCUT2D eigenvalue weighted by Gasteiger charge is 2.39. The van der Waals surface area contributed by atoms with Gasteiger partial charge in [0.2, 0.25) is 0 Å². The van der Waals surface area contributed by atoms with Gasteiger partial charge in [-0.1, -0.05) is 19.3 Å². The third-order valence-corrected chi connectivity index (χ3v) is 4.80. The minimum absolute atomic E-state index is 0.652. The molecule has 0 aromatic carbocycles. The van der Waals surface area contributed by atoms with E-state index >= 15 is 0 Å². The van der Waals surface area contributed by atoms with Gasteiger partial charge in [0.25, 0.3) is 0 Å². The van der Waals surface area contributed by atoms with Crippen molar-refractivity contribution < 1.29 is 0 Å². The Kier molecular flexibility index (Phi) is 2.42. The Morgan fingerprint density at radius 2 is 1.45 bits per heavy atom. The lowest BCUT2D eigenvalue weighted by atomic mass is 9.88. The summed E-state index contributed by atoms with van der Waals surface area (Å²) >= 11 is 2.54. The molecule has 0 bridgehead atoms. The molecular weight excluding hydrogens is 249 g/mol. The van der Waals surface area contributed by atoms with Crippen LogP contribution in [-0.2, 0) is 0 Å². The van der Waals surface area contributed by atoms with Crippen LogP contribution in [0.15, 0.2) is 0 Å². The first kappa shape index (κ1) is 8.30. The van der Waals surface area contributed by atoms with Crippen molar-refractivity contribution in [2.24, 2.45) is 0 Å². The summed E-state index contributed by atoms with van der Waals surface area (Å²) in [5.41, 5.74) is 0.652. The van der Waals surface area contributed by atoms with Crippen LogP contribution < -0.4 is 0 Å². The molecule has 2 heteroatoms. The fourth-order valence-corrected chi connectivity index (χ4v) is 3.65. The molecule has 1 spiro atoms. The molecule has 11 heavy (non-hydrogen) atoms. The van der Waals surface area contributed by atoms with E-state index in [2.05, 4.69) is 26.0 Å². The number of hydrogen-bond acceptors (Lipinski definition) is 1. The summed E-state index contributed by atoms with van der Waals surface area (Å²) in [6, 6.07) is 0. The van der Waals surface area contributed by atoms with Gasteiger partial charge in [-0.2, -0.15) is 0 Å². The molecule has 1 saturated heterocycles. The van der Waals surface area contributed by atoms with Crippen molar-refractivity contribution in [3.8, 4) is 0 Å². The molecule has 1 aliphatic carbocycles. The molecule has 0 unspecified atom stereocenters. The summed E-state index contributed by atoms with van der Waals surface area (Å²) in [5, 5.41) is 0. The van der Waals surface area contributed by atoms with E-state index in [0.717, 1.165) is 0 Å². The maximum absolute atomic E-state index is 2.60. The zero-order valence-corrected chi connectivity index (χ0v) is 9.14. The van der Waals surface area contributed by atoms with Gasteiger partial charge < -0.3 is 0 Å². The van der Waals surface area contributed by atoms with Gasteiger partial charge in [-0.25, -0.2) is 3.11 Å². The Morgan fingerprint density at radius 3 is 2.00 bits per heavy atom. The van der Waals surface area contributed by atoms with E-state index in [1.54, 1.807) is 0 Å². The van der Waals surface area contributed by atoms with Gasteiger partial charge in [-0.3, -0.25) is 0 Å². The first-order chi connectivity index (χ1) is 5.33. The normalized spacial score (nSPS) is 31.4. The smallest absolute Gasteiger partial charge is 0.0305 e.